The van der Waals surface area contributed by atoms with E-state index in [-0.39, 0.29) is 51.0 Å². The Balaban J connectivity index is 0.000000735. The van der Waals surface area contributed by atoms with Gasteiger partial charge >= 0.3 is 26.2 Å². The van der Waals surface area contributed by atoms with E-state index in [1.165, 1.54) is 35.1 Å². The van der Waals surface area contributed by atoms with Gasteiger partial charge in [-0.15, -0.1) is 11.1 Å². The van der Waals surface area contributed by atoms with E-state index in [0.29, 0.717) is 11.8 Å². The van der Waals surface area contributed by atoms with Gasteiger partial charge in [0.25, 0.3) is 0 Å². The van der Waals surface area contributed by atoms with Crippen LogP contribution < -0.4 is 24.8 Å². The fourth-order valence-electron chi connectivity index (χ4n) is 3.49. The van der Waals surface area contributed by atoms with Crippen LogP contribution >= 0.6 is 0 Å². The van der Waals surface area contributed by atoms with Gasteiger partial charge in [0.05, 0.1) is 0 Å². The summed E-state index contributed by atoms with van der Waals surface area (Å²) < 4.78 is 0. The molecule has 0 heterocycles. The molecule has 2 aromatic rings. The molecule has 2 atom stereocenters. The number of hydrogen-bond donors (Lipinski definition) is 0. The normalized spacial score (nSPS) is 20.6. The summed E-state index contributed by atoms with van der Waals surface area (Å²) in [6.45, 7) is 0. The maximum absolute atomic E-state index is 3.49. The first-order valence-corrected chi connectivity index (χ1v) is 6.72. The molecule has 0 fully saturated rings. The molecule has 2 aliphatic carbocycles. The molecule has 0 amide bonds. The van der Waals surface area contributed by atoms with Crippen molar-refractivity contribution in [2.75, 3.05) is 0 Å². The predicted molar refractivity (Wildman–Crippen MR) is 74.4 cm³/mol. The second kappa shape index (κ2) is 7.77. The van der Waals surface area contributed by atoms with Crippen molar-refractivity contribution in [2.45, 2.75) is 18.8 Å². The fraction of sp³-hybridized carbons (Fsp3) is 0.222. The zero-order valence-corrected chi connectivity index (χ0v) is 15.5. The molecule has 0 saturated heterocycles. The number of halogens is 2. The predicted octanol–water partition coefficient (Wildman–Crippen LogP) is -1.43. The van der Waals surface area contributed by atoms with Crippen molar-refractivity contribution >= 4 is 0 Å². The second-order valence-electron chi connectivity index (χ2n) is 5.23. The minimum absolute atomic E-state index is 0. The Labute approximate surface area is 158 Å². The smallest absolute Gasteiger partial charge is 1.00 e. The van der Waals surface area contributed by atoms with E-state index in [0.717, 1.165) is 0 Å². The summed E-state index contributed by atoms with van der Waals surface area (Å²) in [6.07, 6.45) is 7.23. The fourth-order valence-corrected chi connectivity index (χ4v) is 3.49. The van der Waals surface area contributed by atoms with Gasteiger partial charge in [0.1, 0.15) is 0 Å². The molecule has 0 bridgehead atoms. The minimum Gasteiger partial charge on any atom is -1.00 e. The van der Waals surface area contributed by atoms with Gasteiger partial charge in [-0.1, -0.05) is 42.0 Å². The molecule has 2 unspecified atom stereocenters. The van der Waals surface area contributed by atoms with Gasteiger partial charge in [-0.2, -0.15) is 24.3 Å². The quantitative estimate of drug-likeness (QED) is 0.412. The van der Waals surface area contributed by atoms with Gasteiger partial charge < -0.3 is 24.8 Å². The summed E-state index contributed by atoms with van der Waals surface area (Å²) in [5.41, 5.74) is 5.69. The van der Waals surface area contributed by atoms with Gasteiger partial charge in [0.15, 0.2) is 0 Å². The van der Waals surface area contributed by atoms with E-state index < -0.39 is 0 Å². The van der Waals surface area contributed by atoms with E-state index in [4.69, 9.17) is 0 Å². The summed E-state index contributed by atoms with van der Waals surface area (Å²) in [4.78, 5) is 0. The van der Waals surface area contributed by atoms with Crippen LogP contribution in [0.25, 0.3) is 11.1 Å². The molecule has 105 valence electrons. The SMILES string of the molecule is [Cl-].[Cl-].[Zr+3].[c-]1cccc2c1C(C1C=CCC1)c1ccccc1-2. The third-order valence-corrected chi connectivity index (χ3v) is 4.26. The maximum Gasteiger partial charge on any atom is 3.00 e. The first-order valence-electron chi connectivity index (χ1n) is 6.72. The van der Waals surface area contributed by atoms with Crippen molar-refractivity contribution in [3.8, 4) is 11.1 Å². The standard InChI is InChI=1S/C18H15.2ClH.Zr/c1-2-8-13(7-1)18-16-11-5-3-9-14(16)15-10-4-6-12-17(15)18;;;/h1,3-7,9-11,13,18H,2,8H2;2*1H;/q-1;;;+3/p-2. The third kappa shape index (κ3) is 3.07. The van der Waals surface area contributed by atoms with Crippen LogP contribution in [0.4, 0.5) is 0 Å². The summed E-state index contributed by atoms with van der Waals surface area (Å²) in [5, 5.41) is 0. The van der Waals surface area contributed by atoms with Gasteiger partial charge in [-0.3, -0.25) is 0 Å². The van der Waals surface area contributed by atoms with Crippen LogP contribution in [-0.2, 0) is 26.2 Å². The van der Waals surface area contributed by atoms with Crippen LogP contribution in [-0.4, -0.2) is 0 Å². The Kier molecular flexibility index (Phi) is 6.92. The molecular formula is C18H15Cl2Zr. The first kappa shape index (κ1) is 18.7. The van der Waals surface area contributed by atoms with Gasteiger partial charge in [0.2, 0.25) is 0 Å². The monoisotopic (exact) mass is 391 g/mol. The summed E-state index contributed by atoms with van der Waals surface area (Å²) in [5.74, 6) is 1.18. The van der Waals surface area contributed by atoms with Crippen molar-refractivity contribution in [3.05, 3.63) is 71.8 Å². The zero-order chi connectivity index (χ0) is 11.9. The van der Waals surface area contributed by atoms with E-state index >= 15 is 0 Å². The van der Waals surface area contributed by atoms with E-state index in [1.807, 2.05) is 0 Å². The number of rotatable bonds is 1. The molecule has 21 heavy (non-hydrogen) atoms. The molecule has 0 aromatic heterocycles. The van der Waals surface area contributed by atoms with E-state index in [1.54, 1.807) is 0 Å². The second-order valence-corrected chi connectivity index (χ2v) is 5.23. The molecule has 0 spiro atoms. The molecule has 0 aliphatic heterocycles. The number of benzene rings is 2. The van der Waals surface area contributed by atoms with Crippen LogP contribution in [0.5, 0.6) is 0 Å². The molecule has 0 nitrogen and oxygen atoms in total. The Bertz CT molecular complexity index is 591. The number of hydrogen-bond acceptors (Lipinski definition) is 0. The van der Waals surface area contributed by atoms with Crippen molar-refractivity contribution in [3.63, 3.8) is 0 Å². The first-order chi connectivity index (χ1) is 8.95. The minimum atomic E-state index is 0. The molecule has 3 heteroatoms. The average Bonchev–Trinajstić information content (AvgIpc) is 3.03. The molecule has 1 radical (unpaired) electrons. The zero-order valence-electron chi connectivity index (χ0n) is 11.5. The van der Waals surface area contributed by atoms with Gasteiger partial charge in [-0.05, 0) is 30.2 Å². The molecule has 4 rings (SSSR count). The summed E-state index contributed by atoms with van der Waals surface area (Å²) >= 11 is 0. The van der Waals surface area contributed by atoms with Gasteiger partial charge in [0, 0.05) is 0 Å². The van der Waals surface area contributed by atoms with E-state index in [2.05, 4.69) is 60.7 Å². The van der Waals surface area contributed by atoms with Crippen LogP contribution in [0, 0.1) is 12.0 Å². The van der Waals surface area contributed by atoms with Crippen molar-refractivity contribution in [1.29, 1.82) is 0 Å². The van der Waals surface area contributed by atoms with Crippen LogP contribution in [0.2, 0.25) is 0 Å². The molecular weight excluding hydrogens is 378 g/mol. The largest absolute Gasteiger partial charge is 3.00 e. The Morgan fingerprint density at radius 3 is 2.48 bits per heavy atom. The van der Waals surface area contributed by atoms with Crippen LogP contribution in [0.1, 0.15) is 29.9 Å². The molecule has 2 aliphatic rings. The summed E-state index contributed by atoms with van der Waals surface area (Å²) in [6, 6.07) is 18.7. The number of fused-ring (bicyclic) bond motifs is 3. The van der Waals surface area contributed by atoms with Crippen LogP contribution in [0.15, 0.2) is 54.6 Å². The number of allylic oxidation sites excluding steroid dienone is 2. The average molecular weight is 393 g/mol. The van der Waals surface area contributed by atoms with Gasteiger partial charge in [-0.25, -0.2) is 0 Å². The Hall–Kier alpha value is -0.357. The van der Waals surface area contributed by atoms with E-state index in [9.17, 15) is 0 Å². The Morgan fingerprint density at radius 1 is 0.952 bits per heavy atom. The molecule has 0 N–H and O–H groups in total. The van der Waals surface area contributed by atoms with Crippen molar-refractivity contribution in [2.24, 2.45) is 5.92 Å². The topological polar surface area (TPSA) is 0 Å². The van der Waals surface area contributed by atoms with Crippen molar-refractivity contribution < 1.29 is 51.0 Å². The summed E-state index contributed by atoms with van der Waals surface area (Å²) in [7, 11) is 0. The molecule has 2 aromatic carbocycles. The maximum atomic E-state index is 3.49. The Morgan fingerprint density at radius 2 is 1.71 bits per heavy atom. The van der Waals surface area contributed by atoms with Crippen LogP contribution in [0.3, 0.4) is 0 Å². The molecule has 0 saturated carbocycles. The van der Waals surface area contributed by atoms with Crippen molar-refractivity contribution in [1.82, 2.24) is 0 Å². The third-order valence-electron chi connectivity index (χ3n) is 4.26.